The second-order valence-corrected chi connectivity index (χ2v) is 6.17. The smallest absolute Gasteiger partial charge is 0.133 e. The molecule has 0 amide bonds. The quantitative estimate of drug-likeness (QED) is 0.476. The zero-order valence-corrected chi connectivity index (χ0v) is 13.4. The molecule has 0 bridgehead atoms. The van der Waals surface area contributed by atoms with Crippen LogP contribution in [0, 0.1) is 5.82 Å². The molecule has 0 spiro atoms. The van der Waals surface area contributed by atoms with Gasteiger partial charge in [-0.15, -0.1) is 12.6 Å². The predicted molar refractivity (Wildman–Crippen MR) is 89.3 cm³/mol. The van der Waals surface area contributed by atoms with Crippen molar-refractivity contribution in [1.82, 2.24) is 0 Å². The molecule has 0 fully saturated rings. The lowest BCUT2D eigenvalue weighted by molar-refractivity contribution is 0.630. The maximum Gasteiger partial charge on any atom is 0.133 e. The Morgan fingerprint density at radius 3 is 2.55 bits per heavy atom. The van der Waals surface area contributed by atoms with Gasteiger partial charge in [0.05, 0.1) is 0 Å². The van der Waals surface area contributed by atoms with E-state index in [-0.39, 0.29) is 5.82 Å². The molecular formula is C16H9BrClFS. The molecule has 0 aliphatic carbocycles. The van der Waals surface area contributed by atoms with Crippen LogP contribution in [0.3, 0.4) is 0 Å². The van der Waals surface area contributed by atoms with Gasteiger partial charge in [0.2, 0.25) is 0 Å². The number of thiol groups is 1. The van der Waals surface area contributed by atoms with Crippen LogP contribution >= 0.6 is 40.2 Å². The third-order valence-electron chi connectivity index (χ3n) is 3.18. The van der Waals surface area contributed by atoms with Crippen LogP contribution in [0.15, 0.2) is 57.9 Å². The van der Waals surface area contributed by atoms with Crippen molar-refractivity contribution < 1.29 is 4.39 Å². The Labute approximate surface area is 135 Å². The van der Waals surface area contributed by atoms with Crippen LogP contribution in [-0.2, 0) is 0 Å². The Balaban J connectivity index is 2.33. The highest BCUT2D eigenvalue weighted by molar-refractivity contribution is 9.10. The van der Waals surface area contributed by atoms with Crippen molar-refractivity contribution in [3.05, 3.63) is 63.8 Å². The summed E-state index contributed by atoms with van der Waals surface area (Å²) < 4.78 is 14.8. The molecule has 0 N–H and O–H groups in total. The maximum atomic E-state index is 14.2. The largest absolute Gasteiger partial charge is 0.206 e. The molecule has 0 saturated carbocycles. The van der Waals surface area contributed by atoms with E-state index in [1.807, 2.05) is 36.4 Å². The first-order valence-electron chi connectivity index (χ1n) is 5.93. The fraction of sp³-hybridized carbons (Fsp3) is 0. The SMILES string of the molecule is Fc1cc(Cl)cc(Br)c1-c1ccc2ccccc2c1S. The molecule has 0 radical (unpaired) electrons. The van der Waals surface area contributed by atoms with Crippen LogP contribution < -0.4 is 0 Å². The minimum Gasteiger partial charge on any atom is -0.206 e. The van der Waals surface area contributed by atoms with Crippen molar-refractivity contribution in [1.29, 1.82) is 0 Å². The van der Waals surface area contributed by atoms with Crippen LogP contribution in [0.2, 0.25) is 5.02 Å². The third-order valence-corrected chi connectivity index (χ3v) is 4.50. The normalized spacial score (nSPS) is 11.0. The maximum absolute atomic E-state index is 14.2. The fourth-order valence-electron chi connectivity index (χ4n) is 2.26. The van der Waals surface area contributed by atoms with E-state index in [1.165, 1.54) is 6.07 Å². The molecular weight excluding hydrogens is 359 g/mol. The minimum absolute atomic E-state index is 0.361. The van der Waals surface area contributed by atoms with Gasteiger partial charge in [0.1, 0.15) is 5.82 Å². The van der Waals surface area contributed by atoms with Gasteiger partial charge in [-0.25, -0.2) is 4.39 Å². The molecule has 0 atom stereocenters. The van der Waals surface area contributed by atoms with E-state index in [0.29, 0.717) is 15.1 Å². The van der Waals surface area contributed by atoms with E-state index in [9.17, 15) is 4.39 Å². The monoisotopic (exact) mass is 366 g/mol. The summed E-state index contributed by atoms with van der Waals surface area (Å²) in [6.45, 7) is 0. The van der Waals surface area contributed by atoms with Crippen molar-refractivity contribution in [3.8, 4) is 11.1 Å². The summed E-state index contributed by atoms with van der Waals surface area (Å²) in [4.78, 5) is 0.755. The number of rotatable bonds is 1. The predicted octanol–water partition coefficient (Wildman–Crippen LogP) is 6.35. The van der Waals surface area contributed by atoms with Crippen LogP contribution in [0.25, 0.3) is 21.9 Å². The van der Waals surface area contributed by atoms with E-state index >= 15 is 0 Å². The van der Waals surface area contributed by atoms with E-state index in [2.05, 4.69) is 28.6 Å². The van der Waals surface area contributed by atoms with Gasteiger partial charge in [-0.3, -0.25) is 0 Å². The lowest BCUT2D eigenvalue weighted by Gasteiger charge is -2.12. The van der Waals surface area contributed by atoms with Crippen molar-refractivity contribution in [2.24, 2.45) is 0 Å². The number of hydrogen-bond donors (Lipinski definition) is 1. The highest BCUT2D eigenvalue weighted by Crippen LogP contribution is 2.39. The van der Waals surface area contributed by atoms with Crippen LogP contribution in [0.1, 0.15) is 0 Å². The molecule has 3 rings (SSSR count). The molecule has 4 heteroatoms. The molecule has 3 aromatic carbocycles. The molecule has 0 nitrogen and oxygen atoms in total. The Morgan fingerprint density at radius 2 is 1.80 bits per heavy atom. The summed E-state index contributed by atoms with van der Waals surface area (Å²) in [5, 5.41) is 2.43. The van der Waals surface area contributed by atoms with Gasteiger partial charge in [0.15, 0.2) is 0 Å². The van der Waals surface area contributed by atoms with E-state index in [0.717, 1.165) is 21.2 Å². The molecule has 0 unspecified atom stereocenters. The third kappa shape index (κ3) is 2.34. The summed E-state index contributed by atoms with van der Waals surface area (Å²) >= 11 is 13.8. The Hall–Kier alpha value is -1.03. The molecule has 0 aromatic heterocycles. The van der Waals surface area contributed by atoms with Gasteiger partial charge in [-0.1, -0.05) is 48.0 Å². The summed E-state index contributed by atoms with van der Waals surface area (Å²) in [7, 11) is 0. The molecule has 20 heavy (non-hydrogen) atoms. The lowest BCUT2D eigenvalue weighted by Crippen LogP contribution is -1.89. The Bertz CT molecular complexity index is 794. The second-order valence-electron chi connectivity index (χ2n) is 4.43. The molecule has 0 aliphatic rings. The van der Waals surface area contributed by atoms with E-state index < -0.39 is 0 Å². The molecule has 0 saturated heterocycles. The van der Waals surface area contributed by atoms with Gasteiger partial charge in [-0.05, 0) is 44.4 Å². The van der Waals surface area contributed by atoms with Gasteiger partial charge < -0.3 is 0 Å². The summed E-state index contributed by atoms with van der Waals surface area (Å²) in [6, 6.07) is 14.7. The van der Waals surface area contributed by atoms with Gasteiger partial charge in [-0.2, -0.15) is 0 Å². The van der Waals surface area contributed by atoms with Crippen molar-refractivity contribution in [2.45, 2.75) is 4.90 Å². The Morgan fingerprint density at radius 1 is 1.05 bits per heavy atom. The average Bonchev–Trinajstić information content (AvgIpc) is 2.40. The fourth-order valence-corrected chi connectivity index (χ4v) is 3.63. The zero-order chi connectivity index (χ0) is 14.3. The number of halogens is 3. The second kappa shape index (κ2) is 5.40. The van der Waals surface area contributed by atoms with Gasteiger partial charge >= 0.3 is 0 Å². The first kappa shape index (κ1) is 13.9. The first-order valence-corrected chi connectivity index (χ1v) is 7.55. The van der Waals surface area contributed by atoms with Crippen molar-refractivity contribution in [3.63, 3.8) is 0 Å². The van der Waals surface area contributed by atoms with Crippen molar-refractivity contribution in [2.75, 3.05) is 0 Å². The first-order chi connectivity index (χ1) is 9.58. The molecule has 0 aliphatic heterocycles. The minimum atomic E-state index is -0.366. The van der Waals surface area contributed by atoms with Gasteiger partial charge in [0, 0.05) is 20.0 Å². The number of fused-ring (bicyclic) bond motifs is 1. The van der Waals surface area contributed by atoms with Crippen molar-refractivity contribution >= 4 is 50.9 Å². The number of benzene rings is 3. The number of hydrogen-bond acceptors (Lipinski definition) is 1. The highest BCUT2D eigenvalue weighted by atomic mass is 79.9. The van der Waals surface area contributed by atoms with E-state index in [1.54, 1.807) is 6.07 Å². The topological polar surface area (TPSA) is 0 Å². The average molecular weight is 368 g/mol. The van der Waals surface area contributed by atoms with E-state index in [4.69, 9.17) is 11.6 Å². The zero-order valence-electron chi connectivity index (χ0n) is 10.2. The summed E-state index contributed by atoms with van der Waals surface area (Å²) in [5.74, 6) is -0.366. The van der Waals surface area contributed by atoms with Gasteiger partial charge in [0.25, 0.3) is 0 Å². The highest BCUT2D eigenvalue weighted by Gasteiger charge is 2.15. The Kier molecular flexibility index (Phi) is 3.76. The van der Waals surface area contributed by atoms with Crippen LogP contribution in [0.5, 0.6) is 0 Å². The lowest BCUT2D eigenvalue weighted by atomic mass is 10.0. The molecule has 3 aromatic rings. The molecule has 100 valence electrons. The summed E-state index contributed by atoms with van der Waals surface area (Å²) in [5.41, 5.74) is 1.22. The van der Waals surface area contributed by atoms with Crippen LogP contribution in [0.4, 0.5) is 4.39 Å². The summed E-state index contributed by atoms with van der Waals surface area (Å²) in [6.07, 6.45) is 0. The molecule has 0 heterocycles. The standard InChI is InChI=1S/C16H9BrClFS/c17-13-7-10(18)8-14(19)15(13)12-6-5-9-3-1-2-4-11(9)16(12)20/h1-8,20H. The van der Waals surface area contributed by atoms with Crippen LogP contribution in [-0.4, -0.2) is 0 Å².